The molecule has 0 saturated heterocycles. The molecule has 1 N–H and O–H groups in total. The van der Waals surface area contributed by atoms with Gasteiger partial charge in [-0.1, -0.05) is 26.0 Å². The molecule has 1 aliphatic rings. The quantitative estimate of drug-likeness (QED) is 0.814. The molecule has 0 fully saturated rings. The Morgan fingerprint density at radius 1 is 1.33 bits per heavy atom. The van der Waals surface area contributed by atoms with E-state index in [1.165, 1.54) is 24.3 Å². The third kappa shape index (κ3) is 2.44. The number of hydrogen-bond donors (Lipinski definition) is 1. The Morgan fingerprint density at radius 2 is 2.13 bits per heavy atom. The Balaban J connectivity index is 2.08. The molecule has 0 aromatic heterocycles. The van der Waals surface area contributed by atoms with E-state index in [2.05, 4.69) is 48.3 Å². The van der Waals surface area contributed by atoms with Crippen molar-refractivity contribution in [1.82, 2.24) is 0 Å². The van der Waals surface area contributed by atoms with E-state index in [-0.39, 0.29) is 0 Å². The fraction of sp³-hybridized carbons (Fsp3) is 0.538. The van der Waals surface area contributed by atoms with E-state index in [1.54, 1.807) is 0 Å². The first-order valence-electron chi connectivity index (χ1n) is 5.85. The van der Waals surface area contributed by atoms with Crippen LogP contribution in [0.15, 0.2) is 24.3 Å². The number of fused-ring (bicyclic) bond motifs is 1. The Bertz CT molecular complexity index is 320. The van der Waals surface area contributed by atoms with E-state index in [0.29, 0.717) is 0 Å². The smallest absolute Gasteiger partial charge is 0.0602 e. The lowest BCUT2D eigenvalue weighted by Crippen LogP contribution is -2.35. The van der Waals surface area contributed by atoms with Crippen LogP contribution in [0.2, 0.25) is 0 Å². The molecule has 1 heterocycles. The molecule has 15 heavy (non-hydrogen) atoms. The predicted molar refractivity (Wildman–Crippen MR) is 66.6 cm³/mol. The largest absolute Gasteiger partial charge is 0.382 e. The summed E-state index contributed by atoms with van der Waals surface area (Å²) in [5.74, 6) is 0.784. The van der Waals surface area contributed by atoms with Gasteiger partial charge in [-0.15, -0.1) is 0 Å². The molecule has 2 rings (SSSR count). The number of rotatable bonds is 3. The van der Waals surface area contributed by atoms with Crippen LogP contribution in [0, 0.1) is 5.92 Å². The predicted octanol–water partition coefficient (Wildman–Crippen LogP) is 2.96. The SMILES string of the molecule is CC(C)CCN1CCNc2ccccc21. The lowest BCUT2D eigenvalue weighted by atomic mass is 10.1. The van der Waals surface area contributed by atoms with Gasteiger partial charge in [0.2, 0.25) is 0 Å². The van der Waals surface area contributed by atoms with Crippen LogP contribution in [0.1, 0.15) is 20.3 Å². The summed E-state index contributed by atoms with van der Waals surface area (Å²) < 4.78 is 0. The first-order valence-corrected chi connectivity index (χ1v) is 5.85. The van der Waals surface area contributed by atoms with Crippen molar-refractivity contribution in [2.24, 2.45) is 5.92 Å². The van der Waals surface area contributed by atoms with Gasteiger partial charge in [-0.25, -0.2) is 0 Å². The summed E-state index contributed by atoms with van der Waals surface area (Å²) in [6, 6.07) is 8.59. The maximum atomic E-state index is 3.44. The Morgan fingerprint density at radius 3 is 2.93 bits per heavy atom. The van der Waals surface area contributed by atoms with E-state index in [0.717, 1.165) is 19.0 Å². The van der Waals surface area contributed by atoms with Gasteiger partial charge in [-0.2, -0.15) is 0 Å². The zero-order chi connectivity index (χ0) is 10.7. The molecule has 0 atom stereocenters. The van der Waals surface area contributed by atoms with Crippen LogP contribution in [-0.2, 0) is 0 Å². The summed E-state index contributed by atoms with van der Waals surface area (Å²) in [4.78, 5) is 2.49. The molecular formula is C13H20N2. The highest BCUT2D eigenvalue weighted by Gasteiger charge is 2.15. The molecule has 1 aromatic carbocycles. The molecule has 0 saturated carbocycles. The number of nitrogens with zero attached hydrogens (tertiary/aromatic N) is 1. The van der Waals surface area contributed by atoms with E-state index in [4.69, 9.17) is 0 Å². The average Bonchev–Trinajstić information content (AvgIpc) is 2.26. The molecule has 0 unspecified atom stereocenters. The molecular weight excluding hydrogens is 184 g/mol. The third-order valence-electron chi connectivity index (χ3n) is 2.92. The van der Waals surface area contributed by atoms with Gasteiger partial charge in [0.25, 0.3) is 0 Å². The normalized spacial score (nSPS) is 15.0. The lowest BCUT2D eigenvalue weighted by Gasteiger charge is -2.32. The van der Waals surface area contributed by atoms with Gasteiger partial charge in [0.1, 0.15) is 0 Å². The molecule has 2 nitrogen and oxygen atoms in total. The summed E-state index contributed by atoms with van der Waals surface area (Å²) in [7, 11) is 0. The van der Waals surface area contributed by atoms with Crippen molar-refractivity contribution < 1.29 is 0 Å². The van der Waals surface area contributed by atoms with Crippen molar-refractivity contribution >= 4 is 11.4 Å². The van der Waals surface area contributed by atoms with Crippen molar-refractivity contribution in [1.29, 1.82) is 0 Å². The minimum absolute atomic E-state index is 0.784. The summed E-state index contributed by atoms with van der Waals surface area (Å²) in [6.45, 7) is 7.94. The number of hydrogen-bond acceptors (Lipinski definition) is 2. The van der Waals surface area contributed by atoms with Crippen molar-refractivity contribution in [3.63, 3.8) is 0 Å². The van der Waals surface area contributed by atoms with E-state index in [1.807, 2.05) is 0 Å². The Labute approximate surface area is 92.3 Å². The van der Waals surface area contributed by atoms with Gasteiger partial charge in [-0.3, -0.25) is 0 Å². The van der Waals surface area contributed by atoms with Crippen LogP contribution in [0.25, 0.3) is 0 Å². The zero-order valence-electron chi connectivity index (χ0n) is 9.66. The van der Waals surface area contributed by atoms with Gasteiger partial charge in [0.05, 0.1) is 11.4 Å². The van der Waals surface area contributed by atoms with Gasteiger partial charge in [0, 0.05) is 19.6 Å². The van der Waals surface area contributed by atoms with Gasteiger partial charge < -0.3 is 10.2 Å². The molecule has 0 aliphatic carbocycles. The number of benzene rings is 1. The van der Waals surface area contributed by atoms with E-state index >= 15 is 0 Å². The Kier molecular flexibility index (Phi) is 3.14. The highest BCUT2D eigenvalue weighted by atomic mass is 15.2. The van der Waals surface area contributed by atoms with Crippen molar-refractivity contribution in [2.75, 3.05) is 29.9 Å². The van der Waals surface area contributed by atoms with Crippen LogP contribution in [-0.4, -0.2) is 19.6 Å². The van der Waals surface area contributed by atoms with Crippen molar-refractivity contribution in [3.05, 3.63) is 24.3 Å². The maximum absolute atomic E-state index is 3.44. The van der Waals surface area contributed by atoms with Crippen molar-refractivity contribution in [2.45, 2.75) is 20.3 Å². The monoisotopic (exact) mass is 204 g/mol. The zero-order valence-corrected chi connectivity index (χ0v) is 9.66. The molecule has 0 bridgehead atoms. The van der Waals surface area contributed by atoms with E-state index in [9.17, 15) is 0 Å². The van der Waals surface area contributed by atoms with Crippen LogP contribution < -0.4 is 10.2 Å². The average molecular weight is 204 g/mol. The molecule has 0 spiro atoms. The Hall–Kier alpha value is -1.18. The number of anilines is 2. The van der Waals surface area contributed by atoms with Gasteiger partial charge in [-0.05, 0) is 24.5 Å². The second-order valence-electron chi connectivity index (χ2n) is 4.61. The molecule has 0 amide bonds. The number of nitrogens with one attached hydrogen (secondary N) is 1. The summed E-state index contributed by atoms with van der Waals surface area (Å²) in [5.41, 5.74) is 2.65. The molecule has 0 radical (unpaired) electrons. The first-order chi connectivity index (χ1) is 7.27. The lowest BCUT2D eigenvalue weighted by molar-refractivity contribution is 0.572. The van der Waals surface area contributed by atoms with Gasteiger partial charge in [0.15, 0.2) is 0 Å². The maximum Gasteiger partial charge on any atom is 0.0602 e. The van der Waals surface area contributed by atoms with Crippen LogP contribution in [0.3, 0.4) is 0 Å². The number of para-hydroxylation sites is 2. The summed E-state index contributed by atoms with van der Waals surface area (Å²) in [6.07, 6.45) is 1.27. The molecule has 1 aromatic rings. The molecule has 2 heteroatoms. The minimum Gasteiger partial charge on any atom is -0.382 e. The van der Waals surface area contributed by atoms with Crippen LogP contribution in [0.5, 0.6) is 0 Å². The third-order valence-corrected chi connectivity index (χ3v) is 2.92. The highest BCUT2D eigenvalue weighted by Crippen LogP contribution is 2.28. The minimum atomic E-state index is 0.784. The second kappa shape index (κ2) is 4.56. The topological polar surface area (TPSA) is 15.3 Å². The second-order valence-corrected chi connectivity index (χ2v) is 4.61. The fourth-order valence-corrected chi connectivity index (χ4v) is 1.99. The van der Waals surface area contributed by atoms with Crippen molar-refractivity contribution in [3.8, 4) is 0 Å². The summed E-state index contributed by atoms with van der Waals surface area (Å²) in [5, 5.41) is 3.44. The first kappa shape index (κ1) is 10.3. The highest BCUT2D eigenvalue weighted by molar-refractivity contribution is 5.71. The standard InChI is InChI=1S/C13H20N2/c1-11(2)7-9-15-10-8-14-12-5-3-4-6-13(12)15/h3-6,11,14H,7-10H2,1-2H3. The molecule has 82 valence electrons. The van der Waals surface area contributed by atoms with Crippen LogP contribution in [0.4, 0.5) is 11.4 Å². The fourth-order valence-electron chi connectivity index (χ4n) is 1.99. The van der Waals surface area contributed by atoms with E-state index < -0.39 is 0 Å². The summed E-state index contributed by atoms with van der Waals surface area (Å²) >= 11 is 0. The van der Waals surface area contributed by atoms with Gasteiger partial charge >= 0.3 is 0 Å². The van der Waals surface area contributed by atoms with Crippen LogP contribution >= 0.6 is 0 Å². The molecule has 1 aliphatic heterocycles.